The Labute approximate surface area is 122 Å². The second-order valence-corrected chi connectivity index (χ2v) is 6.23. The zero-order valence-electron chi connectivity index (χ0n) is 12.3. The van der Waals surface area contributed by atoms with Crippen molar-refractivity contribution < 1.29 is 14.3 Å². The van der Waals surface area contributed by atoms with Crippen LogP contribution in [0.1, 0.15) is 32.9 Å². The molecular formula is C13H21N3O3S. The zero-order valence-corrected chi connectivity index (χ0v) is 13.1. The lowest BCUT2D eigenvalue weighted by atomic mass is 10.1. The molecule has 0 aliphatic carbocycles. The summed E-state index contributed by atoms with van der Waals surface area (Å²) >= 11 is 1.41. The molecule has 0 bridgehead atoms. The number of carbonyl (C=O) groups excluding carboxylic acids is 2. The summed E-state index contributed by atoms with van der Waals surface area (Å²) in [6.07, 6.45) is 0.850. The van der Waals surface area contributed by atoms with Crippen molar-refractivity contribution >= 4 is 28.3 Å². The molecule has 0 saturated carbocycles. The van der Waals surface area contributed by atoms with Gasteiger partial charge in [0.25, 0.3) is 0 Å². The highest BCUT2D eigenvalue weighted by Crippen LogP contribution is 2.16. The number of esters is 1. The molecule has 0 aromatic carbocycles. The number of nitrogens with zero attached hydrogens (tertiary/aromatic N) is 1. The first-order chi connectivity index (χ1) is 9.30. The highest BCUT2D eigenvalue weighted by molar-refractivity contribution is 7.13. The van der Waals surface area contributed by atoms with Gasteiger partial charge < -0.3 is 15.4 Å². The Balaban J connectivity index is 2.37. The summed E-state index contributed by atoms with van der Waals surface area (Å²) in [4.78, 5) is 27.0. The number of rotatable bonds is 6. The van der Waals surface area contributed by atoms with E-state index >= 15 is 0 Å². The van der Waals surface area contributed by atoms with Crippen LogP contribution in [0.2, 0.25) is 0 Å². The van der Waals surface area contributed by atoms with E-state index in [-0.39, 0.29) is 24.0 Å². The van der Waals surface area contributed by atoms with Crippen LogP contribution in [0, 0.1) is 0 Å². The molecule has 1 aromatic rings. The van der Waals surface area contributed by atoms with Gasteiger partial charge in [-0.15, -0.1) is 11.3 Å². The molecule has 0 spiro atoms. The molecule has 0 fully saturated rings. The molecule has 6 nitrogen and oxygen atoms in total. The van der Waals surface area contributed by atoms with Gasteiger partial charge in [-0.2, -0.15) is 0 Å². The minimum Gasteiger partial charge on any atom is -0.469 e. The average molecular weight is 299 g/mol. The standard InChI is InChI=1S/C13H21N3O3S/c1-13(2,3)16-10(17)7-14-12-15-9(8-20-12)5-6-11(18)19-4/h8H,5-7H2,1-4H3,(H,14,15)(H,16,17). The lowest BCUT2D eigenvalue weighted by Gasteiger charge is -2.20. The number of hydrogen-bond donors (Lipinski definition) is 2. The molecule has 0 saturated heterocycles. The normalized spacial score (nSPS) is 11.0. The quantitative estimate of drug-likeness (QED) is 0.779. The number of carbonyl (C=O) groups is 2. The summed E-state index contributed by atoms with van der Waals surface area (Å²) in [6.45, 7) is 5.97. The summed E-state index contributed by atoms with van der Waals surface area (Å²) in [7, 11) is 1.37. The molecule has 0 aliphatic rings. The second-order valence-electron chi connectivity index (χ2n) is 5.37. The monoisotopic (exact) mass is 299 g/mol. The molecule has 1 aromatic heterocycles. The fraction of sp³-hybridized carbons (Fsp3) is 0.615. The maximum atomic E-state index is 11.6. The van der Waals surface area contributed by atoms with Crippen molar-refractivity contribution in [2.24, 2.45) is 0 Å². The van der Waals surface area contributed by atoms with Crippen LogP contribution in [0.15, 0.2) is 5.38 Å². The van der Waals surface area contributed by atoms with Gasteiger partial charge in [0.15, 0.2) is 5.13 Å². The number of methoxy groups -OCH3 is 1. The van der Waals surface area contributed by atoms with Gasteiger partial charge in [-0.05, 0) is 20.8 Å². The Morgan fingerprint density at radius 2 is 2.10 bits per heavy atom. The van der Waals surface area contributed by atoms with Gasteiger partial charge in [-0.1, -0.05) is 0 Å². The number of hydrogen-bond acceptors (Lipinski definition) is 6. The topological polar surface area (TPSA) is 80.3 Å². The van der Waals surface area contributed by atoms with Crippen molar-refractivity contribution in [2.45, 2.75) is 39.2 Å². The highest BCUT2D eigenvalue weighted by atomic mass is 32.1. The second kappa shape index (κ2) is 7.23. The van der Waals surface area contributed by atoms with E-state index in [0.717, 1.165) is 5.69 Å². The van der Waals surface area contributed by atoms with E-state index in [1.54, 1.807) is 0 Å². The number of aryl methyl sites for hydroxylation is 1. The minimum absolute atomic E-state index is 0.0798. The maximum absolute atomic E-state index is 11.6. The molecule has 1 heterocycles. The van der Waals surface area contributed by atoms with Gasteiger partial charge >= 0.3 is 5.97 Å². The summed E-state index contributed by atoms with van der Waals surface area (Å²) < 4.78 is 4.57. The molecule has 0 aliphatic heterocycles. The maximum Gasteiger partial charge on any atom is 0.305 e. The summed E-state index contributed by atoms with van der Waals surface area (Å²) in [5.74, 6) is -0.333. The Morgan fingerprint density at radius 1 is 1.40 bits per heavy atom. The van der Waals surface area contributed by atoms with Gasteiger partial charge in [-0.3, -0.25) is 9.59 Å². The fourth-order valence-electron chi connectivity index (χ4n) is 1.45. The number of anilines is 1. The van der Waals surface area contributed by atoms with E-state index in [2.05, 4.69) is 20.4 Å². The van der Waals surface area contributed by atoms with Crippen molar-refractivity contribution in [1.82, 2.24) is 10.3 Å². The van der Waals surface area contributed by atoms with Crippen LogP contribution >= 0.6 is 11.3 Å². The van der Waals surface area contributed by atoms with Gasteiger partial charge in [0, 0.05) is 17.3 Å². The Bertz CT molecular complexity index is 466. The van der Waals surface area contributed by atoms with Gasteiger partial charge in [0.1, 0.15) is 0 Å². The van der Waals surface area contributed by atoms with Crippen molar-refractivity contribution in [3.8, 4) is 0 Å². The molecule has 20 heavy (non-hydrogen) atoms. The highest BCUT2D eigenvalue weighted by Gasteiger charge is 2.13. The first-order valence-electron chi connectivity index (χ1n) is 6.36. The predicted octanol–water partition coefficient (Wildman–Crippen LogP) is 1.58. The lowest BCUT2D eigenvalue weighted by Crippen LogP contribution is -2.43. The van der Waals surface area contributed by atoms with Crippen LogP contribution < -0.4 is 10.6 Å². The van der Waals surface area contributed by atoms with Crippen LogP contribution in [-0.2, 0) is 20.7 Å². The number of ether oxygens (including phenoxy) is 1. The smallest absolute Gasteiger partial charge is 0.305 e. The molecule has 1 amide bonds. The Kier molecular flexibility index (Phi) is 5.94. The van der Waals surface area contributed by atoms with Gasteiger partial charge in [-0.25, -0.2) is 4.98 Å². The van der Waals surface area contributed by atoms with Crippen LogP contribution in [-0.4, -0.2) is 36.1 Å². The van der Waals surface area contributed by atoms with E-state index in [4.69, 9.17) is 0 Å². The summed E-state index contributed by atoms with van der Waals surface area (Å²) in [6, 6.07) is 0. The van der Waals surface area contributed by atoms with Crippen LogP contribution in [0.5, 0.6) is 0 Å². The van der Waals surface area contributed by atoms with Crippen molar-refractivity contribution in [3.63, 3.8) is 0 Å². The fourth-order valence-corrected chi connectivity index (χ4v) is 2.20. The molecule has 2 N–H and O–H groups in total. The number of aromatic nitrogens is 1. The van der Waals surface area contributed by atoms with Crippen molar-refractivity contribution in [2.75, 3.05) is 19.0 Å². The predicted molar refractivity (Wildman–Crippen MR) is 78.8 cm³/mol. The largest absolute Gasteiger partial charge is 0.469 e. The van der Waals surface area contributed by atoms with Crippen molar-refractivity contribution in [3.05, 3.63) is 11.1 Å². The van der Waals surface area contributed by atoms with Gasteiger partial charge in [0.2, 0.25) is 5.91 Å². The molecule has 0 radical (unpaired) electrons. The van der Waals surface area contributed by atoms with E-state index in [9.17, 15) is 9.59 Å². The average Bonchev–Trinajstić information content (AvgIpc) is 2.79. The summed E-state index contributed by atoms with van der Waals surface area (Å²) in [5.41, 5.74) is 0.576. The zero-order chi connectivity index (χ0) is 15.2. The minimum atomic E-state index is -0.253. The molecule has 112 valence electrons. The van der Waals surface area contributed by atoms with Crippen LogP contribution in [0.4, 0.5) is 5.13 Å². The van der Waals surface area contributed by atoms with E-state index < -0.39 is 0 Å². The number of thiazole rings is 1. The SMILES string of the molecule is COC(=O)CCc1csc(NCC(=O)NC(C)(C)C)n1. The molecular weight excluding hydrogens is 278 g/mol. The summed E-state index contributed by atoms with van der Waals surface area (Å²) in [5, 5.41) is 8.37. The number of nitrogens with one attached hydrogen (secondary N) is 2. The van der Waals surface area contributed by atoms with E-state index in [0.29, 0.717) is 18.0 Å². The molecule has 7 heteroatoms. The first-order valence-corrected chi connectivity index (χ1v) is 7.24. The third kappa shape index (κ3) is 6.51. The lowest BCUT2D eigenvalue weighted by molar-refractivity contribution is -0.140. The third-order valence-corrected chi connectivity index (χ3v) is 3.13. The molecule has 0 atom stereocenters. The Hall–Kier alpha value is -1.63. The number of amides is 1. The third-order valence-electron chi connectivity index (χ3n) is 2.28. The molecule has 0 unspecified atom stereocenters. The van der Waals surface area contributed by atoms with E-state index in [1.807, 2.05) is 26.2 Å². The van der Waals surface area contributed by atoms with Crippen molar-refractivity contribution in [1.29, 1.82) is 0 Å². The molecule has 1 rings (SSSR count). The first kappa shape index (κ1) is 16.4. The Morgan fingerprint density at radius 3 is 2.70 bits per heavy atom. The van der Waals surface area contributed by atoms with Crippen LogP contribution in [0.25, 0.3) is 0 Å². The van der Waals surface area contributed by atoms with Gasteiger partial charge in [0.05, 0.1) is 25.8 Å². The van der Waals surface area contributed by atoms with Crippen LogP contribution in [0.3, 0.4) is 0 Å². The van der Waals surface area contributed by atoms with E-state index in [1.165, 1.54) is 18.4 Å².